The van der Waals surface area contributed by atoms with E-state index in [4.69, 9.17) is 0 Å². The molecule has 32 heavy (non-hydrogen) atoms. The molecule has 0 amide bonds. The Morgan fingerprint density at radius 2 is 2.03 bits per heavy atom. The summed E-state index contributed by atoms with van der Waals surface area (Å²) in [7, 11) is 0. The predicted octanol–water partition coefficient (Wildman–Crippen LogP) is 6.18. The van der Waals surface area contributed by atoms with Crippen molar-refractivity contribution in [3.8, 4) is 0 Å². The molecule has 0 aromatic rings. The fraction of sp³-hybridized carbons (Fsp3) is 0.655. The van der Waals surface area contributed by atoms with Crippen LogP contribution in [0.3, 0.4) is 0 Å². The molecular weight excluding hydrogens is 396 g/mol. The first-order valence-electron chi connectivity index (χ1n) is 12.6. The second kappa shape index (κ2) is 10.2. The van der Waals surface area contributed by atoms with Crippen LogP contribution in [-0.4, -0.2) is 33.1 Å². The van der Waals surface area contributed by atoms with Crippen LogP contribution in [0, 0.1) is 17.3 Å². The van der Waals surface area contributed by atoms with Gasteiger partial charge in [0.25, 0.3) is 0 Å². The van der Waals surface area contributed by atoms with E-state index in [-0.39, 0.29) is 5.41 Å². The highest BCUT2D eigenvalue weighted by Crippen LogP contribution is 2.57. The van der Waals surface area contributed by atoms with Crippen molar-refractivity contribution in [1.29, 1.82) is 0 Å². The maximum atomic E-state index is 10.1. The zero-order chi connectivity index (χ0) is 23.5. The number of rotatable bonds is 7. The van der Waals surface area contributed by atoms with Crippen LogP contribution in [0.25, 0.3) is 0 Å². The minimum atomic E-state index is -0.722. The molecular formula is C29H44O3. The van der Waals surface area contributed by atoms with Crippen LogP contribution in [0.2, 0.25) is 0 Å². The summed E-state index contributed by atoms with van der Waals surface area (Å²) < 4.78 is 0. The topological polar surface area (TPSA) is 60.7 Å². The molecule has 2 fully saturated rings. The maximum Gasteiger partial charge on any atom is 0.0811 e. The third kappa shape index (κ3) is 5.92. The van der Waals surface area contributed by atoms with E-state index in [2.05, 4.69) is 44.7 Å². The van der Waals surface area contributed by atoms with Crippen molar-refractivity contribution in [2.75, 3.05) is 0 Å². The number of hydrogen-bond acceptors (Lipinski definition) is 3. The molecule has 0 aromatic carbocycles. The second-order valence-corrected chi connectivity index (χ2v) is 11.2. The highest BCUT2D eigenvalue weighted by Gasteiger charge is 2.45. The first-order chi connectivity index (χ1) is 15.0. The van der Waals surface area contributed by atoms with Gasteiger partial charge in [-0.25, -0.2) is 0 Å². The lowest BCUT2D eigenvalue weighted by Crippen LogP contribution is -2.32. The van der Waals surface area contributed by atoms with E-state index in [0.29, 0.717) is 24.7 Å². The zero-order valence-electron chi connectivity index (χ0n) is 20.6. The molecule has 2 saturated carbocycles. The number of aliphatic hydroxyl groups is 3. The van der Waals surface area contributed by atoms with Gasteiger partial charge in [0.2, 0.25) is 0 Å². The molecule has 3 rings (SSSR count). The normalized spacial score (nSPS) is 34.9. The van der Waals surface area contributed by atoms with E-state index in [9.17, 15) is 15.3 Å². The van der Waals surface area contributed by atoms with E-state index in [0.717, 1.165) is 36.8 Å². The first-order valence-corrected chi connectivity index (χ1v) is 12.6. The van der Waals surface area contributed by atoms with Crippen molar-refractivity contribution in [3.63, 3.8) is 0 Å². The number of hydrogen-bond donors (Lipinski definition) is 3. The van der Waals surface area contributed by atoms with Crippen LogP contribution in [0.5, 0.6) is 0 Å². The van der Waals surface area contributed by atoms with Gasteiger partial charge in [0.1, 0.15) is 0 Å². The summed E-state index contributed by atoms with van der Waals surface area (Å²) in [5, 5.41) is 30.0. The molecule has 3 N–H and O–H groups in total. The summed E-state index contributed by atoms with van der Waals surface area (Å²) in [6, 6.07) is 0. The fourth-order valence-corrected chi connectivity index (χ4v) is 6.15. The molecule has 3 heteroatoms. The minimum Gasteiger partial charge on any atom is -0.393 e. The Morgan fingerprint density at radius 1 is 1.28 bits per heavy atom. The van der Waals surface area contributed by atoms with Crippen LogP contribution < -0.4 is 0 Å². The maximum absolute atomic E-state index is 10.1. The summed E-state index contributed by atoms with van der Waals surface area (Å²) in [6.07, 6.45) is 18.9. The van der Waals surface area contributed by atoms with E-state index in [1.54, 1.807) is 5.57 Å². The molecule has 3 nitrogen and oxygen atoms in total. The van der Waals surface area contributed by atoms with Gasteiger partial charge in [0.15, 0.2) is 0 Å². The van der Waals surface area contributed by atoms with Gasteiger partial charge in [-0.05, 0) is 93.6 Å². The third-order valence-corrected chi connectivity index (χ3v) is 7.94. The molecule has 0 aromatic heterocycles. The van der Waals surface area contributed by atoms with E-state index < -0.39 is 17.8 Å². The smallest absolute Gasteiger partial charge is 0.0811 e. The summed E-state index contributed by atoms with van der Waals surface area (Å²) in [6.45, 7) is 12.5. The molecule has 0 heterocycles. The molecule has 0 unspecified atom stereocenters. The van der Waals surface area contributed by atoms with Crippen molar-refractivity contribution < 1.29 is 15.3 Å². The SMILES string of the molecule is C=C1/C(=C\C=C2/CCC[C@]3(C)C([C@H](C)CCC/C=C/C(C)(C)O)=CC[C@@H]23)C[C@@H](O)C[C@@H]1O. The van der Waals surface area contributed by atoms with Crippen molar-refractivity contribution in [1.82, 2.24) is 0 Å². The van der Waals surface area contributed by atoms with E-state index in [1.807, 2.05) is 19.9 Å². The highest BCUT2D eigenvalue weighted by molar-refractivity contribution is 5.40. The van der Waals surface area contributed by atoms with E-state index >= 15 is 0 Å². The Bertz CT molecular complexity index is 807. The van der Waals surface area contributed by atoms with Crippen molar-refractivity contribution in [2.45, 2.75) is 103 Å². The molecule has 0 saturated heterocycles. The molecule has 0 radical (unpaired) electrons. The van der Waals surface area contributed by atoms with Gasteiger partial charge >= 0.3 is 0 Å². The Hall–Kier alpha value is -1.42. The van der Waals surface area contributed by atoms with Crippen LogP contribution in [0.15, 0.2) is 59.3 Å². The lowest BCUT2D eigenvalue weighted by molar-refractivity contribution is 0.0862. The van der Waals surface area contributed by atoms with Gasteiger partial charge in [-0.1, -0.05) is 62.0 Å². The second-order valence-electron chi connectivity index (χ2n) is 11.2. The highest BCUT2D eigenvalue weighted by atomic mass is 16.3. The quantitative estimate of drug-likeness (QED) is 0.327. The summed E-state index contributed by atoms with van der Waals surface area (Å²) in [5.41, 5.74) is 4.44. The van der Waals surface area contributed by atoms with Crippen LogP contribution >= 0.6 is 0 Å². The standard InChI is InChI=1S/C29H44O3/c1-20(10-7-6-8-16-28(3,4)32)25-14-15-26-22(11-9-17-29(25,26)5)12-13-23-18-24(30)19-27(31)21(23)2/h8,12-14,16,20,24,26-27,30-32H,2,6-7,9-11,15,17-19H2,1,3-5H3/b16-8+,22-12+,23-13-/t20-,24-,26+,27+,29-/m1/s1. The molecule has 0 spiro atoms. The molecule has 5 atom stereocenters. The number of fused-ring (bicyclic) bond motifs is 1. The Labute approximate surface area is 195 Å². The monoisotopic (exact) mass is 440 g/mol. The molecule has 3 aliphatic rings. The Kier molecular flexibility index (Phi) is 8.06. The summed E-state index contributed by atoms with van der Waals surface area (Å²) in [4.78, 5) is 0. The third-order valence-electron chi connectivity index (χ3n) is 7.94. The van der Waals surface area contributed by atoms with Gasteiger partial charge in [-0.2, -0.15) is 0 Å². The fourth-order valence-electron chi connectivity index (χ4n) is 6.15. The van der Waals surface area contributed by atoms with Crippen LogP contribution in [0.4, 0.5) is 0 Å². The predicted molar refractivity (Wildman–Crippen MR) is 133 cm³/mol. The molecule has 178 valence electrons. The van der Waals surface area contributed by atoms with Gasteiger partial charge < -0.3 is 15.3 Å². The van der Waals surface area contributed by atoms with Gasteiger partial charge in [0, 0.05) is 6.42 Å². The number of allylic oxidation sites excluding steroid dienone is 6. The minimum absolute atomic E-state index is 0.244. The van der Waals surface area contributed by atoms with Crippen molar-refractivity contribution in [3.05, 3.63) is 59.3 Å². The average Bonchev–Trinajstić information content (AvgIpc) is 3.06. The van der Waals surface area contributed by atoms with Crippen molar-refractivity contribution in [2.24, 2.45) is 17.3 Å². The molecule has 0 aliphatic heterocycles. The van der Waals surface area contributed by atoms with Gasteiger partial charge in [0.05, 0.1) is 17.8 Å². The lowest BCUT2D eigenvalue weighted by Gasteiger charge is -2.42. The summed E-state index contributed by atoms with van der Waals surface area (Å²) in [5.74, 6) is 1.15. The number of aliphatic hydroxyl groups excluding tert-OH is 2. The van der Waals surface area contributed by atoms with Gasteiger partial charge in [-0.15, -0.1) is 0 Å². The Balaban J connectivity index is 1.65. The Morgan fingerprint density at radius 3 is 2.75 bits per heavy atom. The van der Waals surface area contributed by atoms with Gasteiger partial charge in [-0.3, -0.25) is 0 Å². The number of unbranched alkanes of at least 4 members (excludes halogenated alkanes) is 1. The summed E-state index contributed by atoms with van der Waals surface area (Å²) >= 11 is 0. The van der Waals surface area contributed by atoms with Crippen molar-refractivity contribution >= 4 is 0 Å². The van der Waals surface area contributed by atoms with E-state index in [1.165, 1.54) is 24.8 Å². The molecule has 0 bridgehead atoms. The largest absolute Gasteiger partial charge is 0.393 e. The lowest BCUT2D eigenvalue weighted by atomic mass is 9.62. The first kappa shape index (κ1) is 25.2. The molecule has 3 aliphatic carbocycles. The van der Waals surface area contributed by atoms with Crippen LogP contribution in [-0.2, 0) is 0 Å². The zero-order valence-corrected chi connectivity index (χ0v) is 20.6. The average molecular weight is 441 g/mol. The van der Waals surface area contributed by atoms with Crippen LogP contribution in [0.1, 0.15) is 85.5 Å².